The van der Waals surface area contributed by atoms with Crippen molar-refractivity contribution in [1.82, 2.24) is 10.2 Å². The molecule has 2 saturated heterocycles. The number of rotatable bonds is 3. The van der Waals surface area contributed by atoms with Crippen LogP contribution < -0.4 is 5.32 Å². The van der Waals surface area contributed by atoms with Crippen LogP contribution in [-0.2, 0) is 4.74 Å². The fraction of sp³-hybridized carbons (Fsp3) is 0.625. The Labute approximate surface area is 141 Å². The molecule has 4 nitrogen and oxygen atoms in total. The molecule has 1 aromatic carbocycles. The zero-order valence-electron chi connectivity index (χ0n) is 12.5. The van der Waals surface area contributed by atoms with Crippen LogP contribution in [0.25, 0.3) is 0 Å². The van der Waals surface area contributed by atoms with Crippen molar-refractivity contribution in [3.8, 4) is 5.75 Å². The minimum Gasteiger partial charge on any atom is -0.506 e. The van der Waals surface area contributed by atoms with Crippen LogP contribution in [0.4, 0.5) is 0 Å². The third-order valence-corrected chi connectivity index (χ3v) is 5.47. The van der Waals surface area contributed by atoms with E-state index in [0.717, 1.165) is 57.8 Å². The molecule has 2 aliphatic rings. The Balaban J connectivity index is 1.94. The zero-order valence-corrected chi connectivity index (χ0v) is 14.0. The highest BCUT2D eigenvalue weighted by Gasteiger charge is 2.33. The van der Waals surface area contributed by atoms with E-state index >= 15 is 0 Å². The summed E-state index contributed by atoms with van der Waals surface area (Å²) in [5, 5.41) is 14.6. The molecule has 1 atom stereocenters. The molecule has 0 bridgehead atoms. The van der Waals surface area contributed by atoms with Crippen LogP contribution in [-0.4, -0.2) is 49.4 Å². The lowest BCUT2D eigenvalue weighted by Gasteiger charge is -2.41. The molecule has 0 amide bonds. The summed E-state index contributed by atoms with van der Waals surface area (Å²) < 4.78 is 5.51. The summed E-state index contributed by atoms with van der Waals surface area (Å²) in [5.41, 5.74) is 0.892. The van der Waals surface area contributed by atoms with Gasteiger partial charge in [0.15, 0.2) is 0 Å². The number of nitrogens with one attached hydrogen (secondary N) is 1. The number of phenolic OH excluding ortho intramolecular Hbond substituents is 1. The van der Waals surface area contributed by atoms with Crippen LogP contribution in [0.3, 0.4) is 0 Å². The average Bonchev–Trinajstić information content (AvgIpc) is 2.57. The van der Waals surface area contributed by atoms with Crippen molar-refractivity contribution in [2.75, 3.05) is 39.4 Å². The molecule has 22 heavy (non-hydrogen) atoms. The van der Waals surface area contributed by atoms with Gasteiger partial charge in [0.25, 0.3) is 0 Å². The molecule has 0 unspecified atom stereocenters. The molecule has 122 valence electrons. The molecule has 3 rings (SSSR count). The second-order valence-electron chi connectivity index (χ2n) is 5.98. The smallest absolute Gasteiger partial charge is 0.140 e. The van der Waals surface area contributed by atoms with Crippen molar-refractivity contribution in [3.63, 3.8) is 0 Å². The fourth-order valence-corrected chi connectivity index (χ4v) is 3.86. The maximum atomic E-state index is 10.5. The summed E-state index contributed by atoms with van der Waals surface area (Å²) >= 11 is 12.2. The summed E-state index contributed by atoms with van der Waals surface area (Å²) in [6.07, 6.45) is 2.02. The predicted molar refractivity (Wildman–Crippen MR) is 88.9 cm³/mol. The Morgan fingerprint density at radius 2 is 1.86 bits per heavy atom. The molecule has 2 heterocycles. The molecule has 2 N–H and O–H groups in total. The Hall–Kier alpha value is -0.520. The molecule has 0 saturated carbocycles. The van der Waals surface area contributed by atoms with E-state index in [9.17, 15) is 5.11 Å². The van der Waals surface area contributed by atoms with E-state index < -0.39 is 0 Å². The number of aromatic hydroxyl groups is 1. The van der Waals surface area contributed by atoms with Crippen molar-refractivity contribution < 1.29 is 9.84 Å². The van der Waals surface area contributed by atoms with E-state index in [-0.39, 0.29) is 16.8 Å². The van der Waals surface area contributed by atoms with Gasteiger partial charge in [-0.1, -0.05) is 29.3 Å². The van der Waals surface area contributed by atoms with Crippen LogP contribution >= 0.6 is 23.2 Å². The second kappa shape index (κ2) is 7.37. The summed E-state index contributed by atoms with van der Waals surface area (Å²) in [7, 11) is 0. The first-order valence-corrected chi connectivity index (χ1v) is 8.63. The molecule has 0 aliphatic carbocycles. The Morgan fingerprint density at radius 3 is 2.55 bits per heavy atom. The molecule has 0 aromatic heterocycles. The number of phenols is 1. The van der Waals surface area contributed by atoms with E-state index in [1.165, 1.54) is 0 Å². The van der Waals surface area contributed by atoms with Gasteiger partial charge in [0.05, 0.1) is 5.02 Å². The highest BCUT2D eigenvalue weighted by atomic mass is 35.5. The summed E-state index contributed by atoms with van der Waals surface area (Å²) in [6.45, 7) is 5.47. The number of nitrogens with zero attached hydrogens (tertiary/aromatic N) is 1. The highest BCUT2D eigenvalue weighted by Crippen LogP contribution is 2.43. The van der Waals surface area contributed by atoms with Gasteiger partial charge in [0.2, 0.25) is 0 Å². The largest absolute Gasteiger partial charge is 0.506 e. The van der Waals surface area contributed by atoms with E-state index in [4.69, 9.17) is 27.9 Å². The number of ether oxygens (including phenoxy) is 1. The maximum absolute atomic E-state index is 10.5. The third kappa shape index (κ3) is 3.36. The van der Waals surface area contributed by atoms with Gasteiger partial charge >= 0.3 is 0 Å². The topological polar surface area (TPSA) is 44.7 Å². The fourth-order valence-electron chi connectivity index (χ4n) is 3.53. The summed E-state index contributed by atoms with van der Waals surface area (Å²) in [5.74, 6) is 0.596. The van der Waals surface area contributed by atoms with Gasteiger partial charge in [0.1, 0.15) is 10.8 Å². The number of hydrogen-bond acceptors (Lipinski definition) is 4. The van der Waals surface area contributed by atoms with Crippen molar-refractivity contribution in [2.24, 2.45) is 5.92 Å². The molecule has 2 fully saturated rings. The lowest BCUT2D eigenvalue weighted by atomic mass is 9.85. The minimum atomic E-state index is 0.129. The second-order valence-corrected chi connectivity index (χ2v) is 6.76. The third-order valence-electron chi connectivity index (χ3n) is 4.68. The monoisotopic (exact) mass is 344 g/mol. The first kappa shape index (κ1) is 16.3. The number of piperazine rings is 1. The first-order valence-electron chi connectivity index (χ1n) is 7.88. The Morgan fingerprint density at radius 1 is 1.18 bits per heavy atom. The van der Waals surface area contributed by atoms with E-state index in [1.54, 1.807) is 6.07 Å². The van der Waals surface area contributed by atoms with Crippen LogP contribution in [0.2, 0.25) is 10.0 Å². The molecule has 6 heteroatoms. The van der Waals surface area contributed by atoms with Crippen LogP contribution in [0.1, 0.15) is 24.4 Å². The Kier molecular flexibility index (Phi) is 5.47. The van der Waals surface area contributed by atoms with E-state index in [1.807, 2.05) is 6.07 Å². The van der Waals surface area contributed by atoms with E-state index in [2.05, 4.69) is 10.2 Å². The summed E-state index contributed by atoms with van der Waals surface area (Å²) in [6, 6.07) is 3.87. The first-order chi connectivity index (χ1) is 10.7. The predicted octanol–water partition coefficient (Wildman–Crippen LogP) is 3.07. The number of hydrogen-bond donors (Lipinski definition) is 2. The van der Waals surface area contributed by atoms with Crippen molar-refractivity contribution in [3.05, 3.63) is 27.7 Å². The van der Waals surface area contributed by atoms with Crippen LogP contribution in [0, 0.1) is 5.92 Å². The normalized spacial score (nSPS) is 22.6. The summed E-state index contributed by atoms with van der Waals surface area (Å²) in [4.78, 5) is 2.45. The highest BCUT2D eigenvalue weighted by molar-refractivity contribution is 6.43. The number of halogens is 2. The van der Waals surface area contributed by atoms with Crippen molar-refractivity contribution in [2.45, 2.75) is 18.9 Å². The zero-order chi connectivity index (χ0) is 15.5. The van der Waals surface area contributed by atoms with Crippen molar-refractivity contribution >= 4 is 23.2 Å². The average molecular weight is 345 g/mol. The molecular formula is C16H22Cl2N2O2. The quantitative estimate of drug-likeness (QED) is 0.884. The lowest BCUT2D eigenvalue weighted by molar-refractivity contribution is 0.0206. The SMILES string of the molecule is Oc1c([C@H](C2CCOCC2)N2CCNCC2)ccc(Cl)c1Cl. The van der Waals surface area contributed by atoms with Gasteiger partial charge in [-0.3, -0.25) is 4.90 Å². The van der Waals surface area contributed by atoms with Gasteiger partial charge < -0.3 is 15.2 Å². The number of benzene rings is 1. The van der Waals surface area contributed by atoms with Gasteiger partial charge in [0, 0.05) is 51.0 Å². The van der Waals surface area contributed by atoms with E-state index in [0.29, 0.717) is 10.9 Å². The lowest BCUT2D eigenvalue weighted by Crippen LogP contribution is -2.47. The van der Waals surface area contributed by atoms with Gasteiger partial charge in [-0.15, -0.1) is 0 Å². The Bertz CT molecular complexity index is 497. The van der Waals surface area contributed by atoms with Gasteiger partial charge in [-0.05, 0) is 24.8 Å². The molecule has 0 radical (unpaired) electrons. The molecule has 1 aromatic rings. The van der Waals surface area contributed by atoms with Crippen LogP contribution in [0.15, 0.2) is 12.1 Å². The molecule has 2 aliphatic heterocycles. The standard InChI is InChI=1S/C16H22Cl2N2O2/c17-13-2-1-12(16(21)14(13)18)15(11-3-9-22-10-4-11)20-7-5-19-6-8-20/h1-2,11,15,19,21H,3-10H2/t15-/m0/s1. The molecular weight excluding hydrogens is 323 g/mol. The van der Waals surface area contributed by atoms with Crippen LogP contribution in [0.5, 0.6) is 5.75 Å². The maximum Gasteiger partial charge on any atom is 0.140 e. The van der Waals surface area contributed by atoms with Crippen molar-refractivity contribution in [1.29, 1.82) is 0 Å². The van der Waals surface area contributed by atoms with Gasteiger partial charge in [-0.25, -0.2) is 0 Å². The van der Waals surface area contributed by atoms with Gasteiger partial charge in [-0.2, -0.15) is 0 Å². The molecule has 0 spiro atoms. The minimum absolute atomic E-state index is 0.129.